The molecule has 0 aliphatic carbocycles. The van der Waals surface area contributed by atoms with Crippen molar-refractivity contribution >= 4 is 16.0 Å². The van der Waals surface area contributed by atoms with E-state index in [2.05, 4.69) is 16.6 Å². The second-order valence-electron chi connectivity index (χ2n) is 5.88. The number of nitrogens with two attached hydrogens (primary N) is 1. The topological polar surface area (TPSA) is 87.8 Å². The lowest BCUT2D eigenvalue weighted by molar-refractivity contribution is 0.277. The molecule has 6 nitrogen and oxygen atoms in total. The van der Waals surface area contributed by atoms with Crippen LogP contribution in [0.1, 0.15) is 19.8 Å². The fourth-order valence-corrected chi connectivity index (χ4v) is 3.54. The van der Waals surface area contributed by atoms with Gasteiger partial charge in [0, 0.05) is 25.7 Å². The number of benzene rings is 1. The van der Waals surface area contributed by atoms with Gasteiger partial charge in [-0.05, 0) is 30.9 Å². The molecule has 1 saturated heterocycles. The summed E-state index contributed by atoms with van der Waals surface area (Å²) in [5, 5.41) is 0. The molecular weight excluding hydrogens is 338 g/mol. The molecule has 0 atom stereocenters. The van der Waals surface area contributed by atoms with E-state index in [1.807, 2.05) is 4.90 Å². The monoisotopic (exact) mass is 360 g/mol. The first-order chi connectivity index (χ1) is 11.3. The van der Waals surface area contributed by atoms with Crippen LogP contribution >= 0.6 is 0 Å². The van der Waals surface area contributed by atoms with Gasteiger partial charge >= 0.3 is 0 Å². The summed E-state index contributed by atoms with van der Waals surface area (Å²) in [4.78, 5) is 5.52. The molecule has 1 aliphatic heterocycles. The van der Waals surface area contributed by atoms with Gasteiger partial charge in [-0.2, -0.15) is 0 Å². The Morgan fingerprint density at radius 1 is 1.38 bits per heavy atom. The maximum atomic E-state index is 13.5. The molecule has 1 heterocycles. The molecule has 3 N–H and O–H groups in total. The normalized spacial score (nSPS) is 17.3. The minimum absolute atomic E-state index is 0.0237. The number of nitrogens with one attached hydrogen (secondary N) is 1. The predicted molar refractivity (Wildman–Crippen MR) is 88.0 cm³/mol. The van der Waals surface area contributed by atoms with Gasteiger partial charge in [-0.25, -0.2) is 21.9 Å². The number of aliphatic imine (C=N–C) groups is 1. The Balaban J connectivity index is 1.87. The molecule has 0 amide bonds. The Hall–Kier alpha value is -1.74. The van der Waals surface area contributed by atoms with Crippen molar-refractivity contribution in [1.82, 2.24) is 9.62 Å². The summed E-state index contributed by atoms with van der Waals surface area (Å²) in [5.74, 6) is -0.909. The zero-order valence-electron chi connectivity index (χ0n) is 13.5. The number of piperidine rings is 1. The maximum Gasteiger partial charge on any atom is 0.243 e. The Labute approximate surface area is 140 Å². The highest BCUT2D eigenvalue weighted by molar-refractivity contribution is 7.89. The zero-order chi connectivity index (χ0) is 17.7. The molecule has 134 valence electrons. The smallest absolute Gasteiger partial charge is 0.243 e. The van der Waals surface area contributed by atoms with Crippen molar-refractivity contribution in [3.63, 3.8) is 0 Å². The first-order valence-corrected chi connectivity index (χ1v) is 9.27. The molecule has 0 aromatic heterocycles. The van der Waals surface area contributed by atoms with E-state index in [0.717, 1.165) is 38.1 Å². The van der Waals surface area contributed by atoms with Gasteiger partial charge in [0.1, 0.15) is 16.5 Å². The van der Waals surface area contributed by atoms with E-state index in [0.29, 0.717) is 17.9 Å². The van der Waals surface area contributed by atoms with Crippen LogP contribution < -0.4 is 10.5 Å². The Morgan fingerprint density at radius 3 is 2.67 bits per heavy atom. The van der Waals surface area contributed by atoms with Crippen LogP contribution in [0.2, 0.25) is 0 Å². The highest BCUT2D eigenvalue weighted by Crippen LogP contribution is 2.16. The SMILES string of the molecule is CC1CCN(C(N)=NCCNS(=O)(=O)c2ccc(F)cc2F)CC1. The lowest BCUT2D eigenvalue weighted by Crippen LogP contribution is -2.42. The fourth-order valence-electron chi connectivity index (χ4n) is 2.46. The van der Waals surface area contributed by atoms with Crippen molar-refractivity contribution in [3.8, 4) is 0 Å². The number of halogens is 2. The summed E-state index contributed by atoms with van der Waals surface area (Å²) in [6.07, 6.45) is 2.10. The lowest BCUT2D eigenvalue weighted by atomic mass is 10.00. The van der Waals surface area contributed by atoms with Gasteiger partial charge in [0.15, 0.2) is 5.96 Å². The molecule has 1 aromatic rings. The number of sulfonamides is 1. The van der Waals surface area contributed by atoms with Gasteiger partial charge < -0.3 is 10.6 Å². The summed E-state index contributed by atoms with van der Waals surface area (Å²) in [7, 11) is -4.05. The molecule has 1 aromatic carbocycles. The Morgan fingerprint density at radius 2 is 2.04 bits per heavy atom. The van der Waals surface area contributed by atoms with E-state index in [9.17, 15) is 17.2 Å². The fraction of sp³-hybridized carbons (Fsp3) is 0.533. The van der Waals surface area contributed by atoms with Gasteiger partial charge in [0.2, 0.25) is 10.0 Å². The third kappa shape index (κ3) is 4.88. The van der Waals surface area contributed by atoms with Crippen LogP contribution in [-0.2, 0) is 10.0 Å². The first-order valence-electron chi connectivity index (χ1n) is 7.79. The van der Waals surface area contributed by atoms with Crippen molar-refractivity contribution in [1.29, 1.82) is 0 Å². The van der Waals surface area contributed by atoms with Crippen LogP contribution in [0.5, 0.6) is 0 Å². The summed E-state index contributed by atoms with van der Waals surface area (Å²) in [6, 6.07) is 2.31. The molecule has 0 spiro atoms. The number of hydrogen-bond donors (Lipinski definition) is 2. The lowest BCUT2D eigenvalue weighted by Gasteiger charge is -2.31. The van der Waals surface area contributed by atoms with Gasteiger partial charge in [-0.1, -0.05) is 6.92 Å². The Bertz CT molecular complexity index is 701. The van der Waals surface area contributed by atoms with E-state index in [1.165, 1.54) is 0 Å². The van der Waals surface area contributed by atoms with Gasteiger partial charge in [0.05, 0.1) is 6.54 Å². The highest BCUT2D eigenvalue weighted by atomic mass is 32.2. The molecule has 0 radical (unpaired) electrons. The van der Waals surface area contributed by atoms with Crippen LogP contribution in [0.15, 0.2) is 28.1 Å². The van der Waals surface area contributed by atoms with E-state index < -0.39 is 26.6 Å². The summed E-state index contributed by atoms with van der Waals surface area (Å²) >= 11 is 0. The van der Waals surface area contributed by atoms with Gasteiger partial charge in [0.25, 0.3) is 0 Å². The van der Waals surface area contributed by atoms with Crippen molar-refractivity contribution in [2.75, 3.05) is 26.2 Å². The summed E-state index contributed by atoms with van der Waals surface area (Å²) < 4.78 is 52.6. The van der Waals surface area contributed by atoms with E-state index in [1.54, 1.807) is 0 Å². The number of guanidine groups is 1. The molecule has 1 aliphatic rings. The molecular formula is C15H22F2N4O2S. The van der Waals surface area contributed by atoms with Crippen molar-refractivity contribution in [2.45, 2.75) is 24.7 Å². The predicted octanol–water partition coefficient (Wildman–Crippen LogP) is 1.29. The van der Waals surface area contributed by atoms with E-state index in [-0.39, 0.29) is 13.1 Å². The van der Waals surface area contributed by atoms with Crippen molar-refractivity contribution in [2.24, 2.45) is 16.6 Å². The van der Waals surface area contributed by atoms with Gasteiger partial charge in [-0.3, -0.25) is 4.99 Å². The first kappa shape index (κ1) is 18.6. The minimum atomic E-state index is -4.05. The van der Waals surface area contributed by atoms with E-state index >= 15 is 0 Å². The third-order valence-electron chi connectivity index (χ3n) is 3.97. The molecule has 0 unspecified atom stereocenters. The maximum absolute atomic E-state index is 13.5. The van der Waals surface area contributed by atoms with Crippen LogP contribution in [0.25, 0.3) is 0 Å². The van der Waals surface area contributed by atoms with Crippen LogP contribution in [-0.4, -0.2) is 45.5 Å². The number of rotatable bonds is 5. The van der Waals surface area contributed by atoms with Crippen LogP contribution in [0.4, 0.5) is 8.78 Å². The molecule has 2 rings (SSSR count). The van der Waals surface area contributed by atoms with E-state index in [4.69, 9.17) is 5.73 Å². The molecule has 0 bridgehead atoms. The number of hydrogen-bond acceptors (Lipinski definition) is 3. The molecule has 24 heavy (non-hydrogen) atoms. The average molecular weight is 360 g/mol. The largest absolute Gasteiger partial charge is 0.370 e. The van der Waals surface area contributed by atoms with Crippen LogP contribution in [0.3, 0.4) is 0 Å². The minimum Gasteiger partial charge on any atom is -0.370 e. The number of nitrogens with zero attached hydrogens (tertiary/aromatic N) is 2. The highest BCUT2D eigenvalue weighted by Gasteiger charge is 2.19. The second-order valence-corrected chi connectivity index (χ2v) is 7.62. The third-order valence-corrected chi connectivity index (χ3v) is 5.46. The standard InChI is InChI=1S/C15H22F2N4O2S/c1-11-4-8-21(9-5-11)15(18)19-6-7-20-24(22,23)14-3-2-12(16)10-13(14)17/h2-3,10-11,20H,4-9H2,1H3,(H2,18,19). The quantitative estimate of drug-likeness (QED) is 0.471. The molecule has 0 saturated carbocycles. The summed E-state index contributed by atoms with van der Waals surface area (Å²) in [6.45, 7) is 3.98. The van der Waals surface area contributed by atoms with Gasteiger partial charge in [-0.15, -0.1) is 0 Å². The molecule has 1 fully saturated rings. The Kier molecular flexibility index (Phi) is 6.11. The average Bonchev–Trinajstić information content (AvgIpc) is 2.51. The molecule has 9 heteroatoms. The van der Waals surface area contributed by atoms with Crippen molar-refractivity contribution < 1.29 is 17.2 Å². The second kappa shape index (κ2) is 7.89. The number of likely N-dealkylation sites (tertiary alicyclic amines) is 1. The zero-order valence-corrected chi connectivity index (χ0v) is 14.3. The summed E-state index contributed by atoms with van der Waals surface area (Å²) in [5.41, 5.74) is 5.89. The van der Waals surface area contributed by atoms with Crippen molar-refractivity contribution in [3.05, 3.63) is 29.8 Å². The van der Waals surface area contributed by atoms with Crippen LogP contribution in [0, 0.1) is 17.6 Å².